The molecule has 10 heteroatoms. The van der Waals surface area contributed by atoms with Crippen LogP contribution < -0.4 is 20.3 Å². The van der Waals surface area contributed by atoms with Gasteiger partial charge in [-0.25, -0.2) is 4.68 Å². The molecule has 2 atom stereocenters. The van der Waals surface area contributed by atoms with Crippen LogP contribution in [0.1, 0.15) is 18.2 Å². The maximum Gasteiger partial charge on any atom is 0.253 e. The first-order chi connectivity index (χ1) is 19.0. The minimum atomic E-state index is -0.934. The highest BCUT2D eigenvalue weighted by Crippen LogP contribution is 2.33. The smallest absolute Gasteiger partial charge is 0.253 e. The number of amides is 2. The van der Waals surface area contributed by atoms with Crippen molar-refractivity contribution in [1.82, 2.24) is 20.4 Å². The number of carbonyl (C=O) groups is 2. The molecule has 0 saturated heterocycles. The van der Waals surface area contributed by atoms with Gasteiger partial charge in [0.05, 0.1) is 47.3 Å². The zero-order chi connectivity index (χ0) is 27.4. The van der Waals surface area contributed by atoms with Gasteiger partial charge in [0.1, 0.15) is 24.5 Å². The molecule has 1 aromatic heterocycles. The first-order valence-corrected chi connectivity index (χ1v) is 12.7. The third-order valence-corrected chi connectivity index (χ3v) is 6.62. The van der Waals surface area contributed by atoms with E-state index in [9.17, 15) is 14.9 Å². The summed E-state index contributed by atoms with van der Waals surface area (Å²) in [5, 5.41) is 30.1. The van der Waals surface area contributed by atoms with E-state index in [1.807, 2.05) is 48.5 Å². The molecule has 0 bridgehead atoms. The number of anilines is 1. The maximum absolute atomic E-state index is 13.9. The number of hydrogen-bond donors (Lipinski definition) is 3. The van der Waals surface area contributed by atoms with Crippen LogP contribution in [0.2, 0.25) is 0 Å². The summed E-state index contributed by atoms with van der Waals surface area (Å²) in [7, 11) is 0. The Balaban J connectivity index is 1.52. The number of nitrogens with zero attached hydrogens (tertiary/aromatic N) is 4. The van der Waals surface area contributed by atoms with Crippen molar-refractivity contribution in [2.75, 3.05) is 24.7 Å². The lowest BCUT2D eigenvalue weighted by Crippen LogP contribution is -2.54. The highest BCUT2D eigenvalue weighted by atomic mass is 16.5. The highest BCUT2D eigenvalue weighted by molar-refractivity contribution is 6.01. The predicted molar refractivity (Wildman–Crippen MR) is 145 cm³/mol. The van der Waals surface area contributed by atoms with Crippen molar-refractivity contribution in [2.24, 2.45) is 0 Å². The van der Waals surface area contributed by atoms with Gasteiger partial charge in [-0.2, -0.15) is 10.4 Å². The van der Waals surface area contributed by atoms with Crippen LogP contribution in [0.25, 0.3) is 16.6 Å². The molecular formula is C29H28N6O4. The van der Waals surface area contributed by atoms with Gasteiger partial charge in [0.2, 0.25) is 5.91 Å². The number of rotatable bonds is 8. The topological polar surface area (TPSA) is 133 Å². The van der Waals surface area contributed by atoms with Crippen LogP contribution in [-0.4, -0.2) is 58.5 Å². The van der Waals surface area contributed by atoms with Gasteiger partial charge >= 0.3 is 0 Å². The van der Waals surface area contributed by atoms with E-state index >= 15 is 0 Å². The highest BCUT2D eigenvalue weighted by Gasteiger charge is 2.34. The van der Waals surface area contributed by atoms with Crippen LogP contribution in [-0.2, 0) is 16.1 Å². The lowest BCUT2D eigenvalue weighted by molar-refractivity contribution is -0.129. The molecule has 2 amide bonds. The minimum absolute atomic E-state index is 0.0322. The maximum atomic E-state index is 13.9. The molecule has 3 N–H and O–H groups in total. The van der Waals surface area contributed by atoms with Crippen LogP contribution in [0, 0.1) is 11.3 Å². The number of para-hydroxylation sites is 4. The van der Waals surface area contributed by atoms with Gasteiger partial charge < -0.3 is 25.4 Å². The van der Waals surface area contributed by atoms with Gasteiger partial charge in [0.15, 0.2) is 0 Å². The molecule has 198 valence electrons. The molecule has 0 spiro atoms. The second-order valence-electron chi connectivity index (χ2n) is 9.17. The summed E-state index contributed by atoms with van der Waals surface area (Å²) < 4.78 is 7.68. The molecule has 0 aliphatic carbocycles. The van der Waals surface area contributed by atoms with Crippen LogP contribution in [0.5, 0.6) is 5.75 Å². The fourth-order valence-corrected chi connectivity index (χ4v) is 4.62. The molecule has 3 aromatic carbocycles. The van der Waals surface area contributed by atoms with E-state index in [1.165, 1.54) is 0 Å². The Morgan fingerprint density at radius 2 is 1.85 bits per heavy atom. The SMILES string of the molecule is C[C@H](NCCO)C(=O)N[C@H]1COc2ccccc2N(Cc2nn(-c3ccccc3C#N)c3ccccc23)C1=O. The average Bonchev–Trinajstić information content (AvgIpc) is 3.28. The first-order valence-electron chi connectivity index (χ1n) is 12.7. The van der Waals surface area contributed by atoms with E-state index in [0.717, 1.165) is 10.9 Å². The van der Waals surface area contributed by atoms with Crippen LogP contribution >= 0.6 is 0 Å². The summed E-state index contributed by atoms with van der Waals surface area (Å²) in [6, 6.07) is 22.8. The van der Waals surface area contributed by atoms with Crippen molar-refractivity contribution in [3.8, 4) is 17.5 Å². The molecule has 0 radical (unpaired) electrons. The number of nitriles is 1. The van der Waals surface area contributed by atoms with Crippen LogP contribution in [0.4, 0.5) is 5.69 Å². The largest absolute Gasteiger partial charge is 0.489 e. The summed E-state index contributed by atoms with van der Waals surface area (Å²) in [6.45, 7) is 1.90. The van der Waals surface area contributed by atoms with E-state index in [2.05, 4.69) is 16.7 Å². The van der Waals surface area contributed by atoms with Crippen molar-refractivity contribution in [2.45, 2.75) is 25.6 Å². The van der Waals surface area contributed by atoms with E-state index in [4.69, 9.17) is 14.9 Å². The van der Waals surface area contributed by atoms with E-state index in [-0.39, 0.29) is 38.1 Å². The molecule has 39 heavy (non-hydrogen) atoms. The number of hydrogen-bond acceptors (Lipinski definition) is 7. The lowest BCUT2D eigenvalue weighted by atomic mass is 10.1. The third kappa shape index (κ3) is 5.18. The molecular weight excluding hydrogens is 496 g/mol. The van der Waals surface area contributed by atoms with Crippen molar-refractivity contribution in [3.63, 3.8) is 0 Å². The number of aliphatic hydroxyl groups is 1. The van der Waals surface area contributed by atoms with Crippen molar-refractivity contribution < 1.29 is 19.4 Å². The summed E-state index contributed by atoms with van der Waals surface area (Å²) in [5.41, 5.74) is 3.13. The molecule has 10 nitrogen and oxygen atoms in total. The molecule has 0 fully saturated rings. The monoisotopic (exact) mass is 524 g/mol. The molecule has 1 aliphatic heterocycles. The number of aromatic nitrogens is 2. The van der Waals surface area contributed by atoms with Gasteiger partial charge in [0.25, 0.3) is 5.91 Å². The number of ether oxygens (including phenoxy) is 1. The zero-order valence-corrected chi connectivity index (χ0v) is 21.4. The predicted octanol–water partition coefficient (Wildman–Crippen LogP) is 2.28. The third-order valence-electron chi connectivity index (χ3n) is 6.62. The Kier molecular flexibility index (Phi) is 7.54. The Hall–Kier alpha value is -4.72. The number of nitrogens with one attached hydrogen (secondary N) is 2. The van der Waals surface area contributed by atoms with Gasteiger partial charge in [-0.1, -0.05) is 42.5 Å². The summed E-state index contributed by atoms with van der Waals surface area (Å²) in [5.74, 6) is -0.189. The van der Waals surface area contributed by atoms with Crippen molar-refractivity contribution in [1.29, 1.82) is 5.26 Å². The second kappa shape index (κ2) is 11.3. The molecule has 4 aromatic rings. The standard InChI is InChI=1S/C29H28N6O4/c1-19(31-14-15-36)28(37)32-23-18-39-27-13-7-6-12-26(27)34(29(23)38)17-22-21-9-3-5-11-25(21)35(33-22)24-10-4-2-8-20(24)16-30/h2-13,19,23,31,36H,14-15,17-18H2,1H3,(H,32,37)/t19-,23-/m0/s1. The van der Waals surface area contributed by atoms with Crippen LogP contribution in [0.15, 0.2) is 72.8 Å². The zero-order valence-electron chi connectivity index (χ0n) is 21.4. The number of fused-ring (bicyclic) bond motifs is 2. The lowest BCUT2D eigenvalue weighted by Gasteiger charge is -2.25. The summed E-state index contributed by atoms with van der Waals surface area (Å²) >= 11 is 0. The Morgan fingerprint density at radius 3 is 2.64 bits per heavy atom. The second-order valence-corrected chi connectivity index (χ2v) is 9.17. The van der Waals surface area contributed by atoms with E-state index in [0.29, 0.717) is 28.4 Å². The van der Waals surface area contributed by atoms with Crippen molar-refractivity contribution >= 4 is 28.4 Å². The molecule has 0 saturated carbocycles. The van der Waals surface area contributed by atoms with Gasteiger partial charge in [0, 0.05) is 11.9 Å². The van der Waals surface area contributed by atoms with Gasteiger partial charge in [-0.05, 0) is 37.3 Å². The Morgan fingerprint density at radius 1 is 1.13 bits per heavy atom. The Bertz CT molecular complexity index is 1560. The summed E-state index contributed by atoms with van der Waals surface area (Å²) in [4.78, 5) is 28.3. The molecule has 0 unspecified atom stereocenters. The normalized spacial score (nSPS) is 15.7. The first kappa shape index (κ1) is 25.9. The van der Waals surface area contributed by atoms with Crippen LogP contribution in [0.3, 0.4) is 0 Å². The van der Waals surface area contributed by atoms with E-state index < -0.39 is 12.1 Å². The van der Waals surface area contributed by atoms with Crippen molar-refractivity contribution in [3.05, 3.63) is 84.1 Å². The fourth-order valence-electron chi connectivity index (χ4n) is 4.62. The average molecular weight is 525 g/mol. The fraction of sp³-hybridized carbons (Fsp3) is 0.241. The van der Waals surface area contributed by atoms with E-state index in [1.54, 1.807) is 40.8 Å². The Labute approximate surface area is 225 Å². The van der Waals surface area contributed by atoms with Gasteiger partial charge in [-0.15, -0.1) is 0 Å². The minimum Gasteiger partial charge on any atom is -0.489 e. The number of aliphatic hydroxyl groups excluding tert-OH is 1. The molecule has 2 heterocycles. The van der Waals surface area contributed by atoms with Gasteiger partial charge in [-0.3, -0.25) is 9.59 Å². The molecule has 1 aliphatic rings. The summed E-state index contributed by atoms with van der Waals surface area (Å²) in [6.07, 6.45) is 0. The molecule has 5 rings (SSSR count). The number of benzene rings is 3. The quantitative estimate of drug-likeness (QED) is 0.322. The number of carbonyl (C=O) groups excluding carboxylic acids is 2.